The highest BCUT2D eigenvalue weighted by atomic mass is 19.1. The van der Waals surface area contributed by atoms with Crippen LogP contribution in [-0.2, 0) is 4.79 Å². The van der Waals surface area contributed by atoms with Crippen LogP contribution in [0.5, 0.6) is 11.5 Å². The van der Waals surface area contributed by atoms with Gasteiger partial charge < -0.3 is 24.7 Å². The number of methoxy groups -OCH3 is 1. The maximum Gasteiger partial charge on any atom is 0.255 e. The molecule has 0 unspecified atom stereocenters. The number of nitrogens with zero attached hydrogens (tertiary/aromatic N) is 3. The molecule has 2 N–H and O–H groups in total. The van der Waals surface area contributed by atoms with Crippen molar-refractivity contribution >= 4 is 22.8 Å². The van der Waals surface area contributed by atoms with Gasteiger partial charge in [0.05, 0.1) is 24.8 Å². The Morgan fingerprint density at radius 1 is 1.23 bits per heavy atom. The first-order chi connectivity index (χ1) is 16.9. The van der Waals surface area contributed by atoms with Crippen molar-refractivity contribution in [3.05, 3.63) is 36.0 Å². The normalized spacial score (nSPS) is 17.9. The van der Waals surface area contributed by atoms with Crippen molar-refractivity contribution in [1.29, 1.82) is 0 Å². The van der Waals surface area contributed by atoms with Crippen LogP contribution in [0.2, 0.25) is 0 Å². The molecule has 2 aromatic heterocycles. The number of amides is 2. The number of fused-ring (bicyclic) bond motifs is 1. The summed E-state index contributed by atoms with van der Waals surface area (Å²) in [4.78, 5) is 38.4. The van der Waals surface area contributed by atoms with Crippen LogP contribution in [0.25, 0.3) is 22.3 Å². The fourth-order valence-electron chi connectivity index (χ4n) is 4.45. The summed E-state index contributed by atoms with van der Waals surface area (Å²) in [5.41, 5.74) is 2.18. The van der Waals surface area contributed by atoms with Crippen LogP contribution in [0, 0.1) is 11.7 Å². The van der Waals surface area contributed by atoms with Crippen molar-refractivity contribution in [2.75, 3.05) is 26.8 Å². The molecule has 1 aliphatic carbocycles. The predicted molar refractivity (Wildman–Crippen MR) is 127 cm³/mol. The molecule has 0 bridgehead atoms. The SMILES string of the molecule is COc1cc(OCC2CC2)c(-c2ncnc3c(C(=O)N[C@@H]4CCCN(C(C)=O)C4)c[nH]c23)cc1F. The van der Waals surface area contributed by atoms with Crippen molar-refractivity contribution in [3.63, 3.8) is 0 Å². The van der Waals surface area contributed by atoms with E-state index in [0.717, 1.165) is 25.7 Å². The Kier molecular flexibility index (Phi) is 6.27. The molecule has 9 nitrogen and oxygen atoms in total. The van der Waals surface area contributed by atoms with E-state index in [4.69, 9.17) is 9.47 Å². The quantitative estimate of drug-likeness (QED) is 0.536. The van der Waals surface area contributed by atoms with Crippen LogP contribution < -0.4 is 14.8 Å². The molecule has 3 heterocycles. The zero-order valence-corrected chi connectivity index (χ0v) is 19.8. The number of aromatic amines is 1. The second-order valence-electron chi connectivity index (χ2n) is 9.16. The van der Waals surface area contributed by atoms with Gasteiger partial charge in [0, 0.05) is 43.9 Å². The average molecular weight is 482 g/mol. The van der Waals surface area contributed by atoms with E-state index in [-0.39, 0.29) is 23.6 Å². The Morgan fingerprint density at radius 2 is 2.06 bits per heavy atom. The van der Waals surface area contributed by atoms with Gasteiger partial charge in [0.1, 0.15) is 23.3 Å². The fraction of sp³-hybridized carbons (Fsp3) is 0.440. The Balaban J connectivity index is 1.45. The molecule has 2 aliphatic rings. The van der Waals surface area contributed by atoms with Crippen molar-refractivity contribution < 1.29 is 23.5 Å². The highest BCUT2D eigenvalue weighted by molar-refractivity contribution is 6.08. The first-order valence-electron chi connectivity index (χ1n) is 11.8. The summed E-state index contributed by atoms with van der Waals surface area (Å²) < 4.78 is 25.8. The molecule has 3 aromatic rings. The molecule has 1 saturated carbocycles. The van der Waals surface area contributed by atoms with E-state index in [9.17, 15) is 14.0 Å². The molecule has 1 saturated heterocycles. The van der Waals surface area contributed by atoms with Gasteiger partial charge in [-0.2, -0.15) is 0 Å². The van der Waals surface area contributed by atoms with Crippen molar-refractivity contribution in [3.8, 4) is 22.8 Å². The molecule has 10 heteroatoms. The standard InChI is InChI=1S/C25H28FN5O4/c1-14(32)31-7-3-4-16(11-31)30-25(33)18-10-27-24-22(28-13-29-23(18)24)17-8-19(26)21(34-2)9-20(17)35-12-15-5-6-15/h8-10,13,15-16,27H,3-7,11-12H2,1-2H3,(H,30,33)/t16-/m1/s1. The number of carbonyl (C=O) groups is 2. The number of halogens is 1. The Morgan fingerprint density at radius 3 is 2.80 bits per heavy atom. The lowest BCUT2D eigenvalue weighted by molar-refractivity contribution is -0.130. The van der Waals surface area contributed by atoms with E-state index in [2.05, 4.69) is 20.3 Å². The molecule has 2 fully saturated rings. The summed E-state index contributed by atoms with van der Waals surface area (Å²) in [6.45, 7) is 3.26. The second-order valence-corrected chi connectivity index (χ2v) is 9.16. The summed E-state index contributed by atoms with van der Waals surface area (Å²) >= 11 is 0. The number of rotatable bonds is 7. The number of carbonyl (C=O) groups excluding carboxylic acids is 2. The minimum Gasteiger partial charge on any atom is -0.494 e. The smallest absolute Gasteiger partial charge is 0.255 e. The lowest BCUT2D eigenvalue weighted by atomic mass is 10.0. The first-order valence-corrected chi connectivity index (χ1v) is 11.8. The molecule has 1 aliphatic heterocycles. The monoisotopic (exact) mass is 481 g/mol. The topological polar surface area (TPSA) is 109 Å². The summed E-state index contributed by atoms with van der Waals surface area (Å²) in [6.07, 6.45) is 6.79. The number of nitrogens with one attached hydrogen (secondary N) is 2. The first kappa shape index (κ1) is 23.1. The Hall–Kier alpha value is -3.69. The number of benzene rings is 1. The van der Waals surface area contributed by atoms with Gasteiger partial charge in [0.15, 0.2) is 11.6 Å². The maximum absolute atomic E-state index is 14.7. The van der Waals surface area contributed by atoms with Gasteiger partial charge in [-0.05, 0) is 37.7 Å². The van der Waals surface area contributed by atoms with Crippen molar-refractivity contribution in [1.82, 2.24) is 25.2 Å². The Bertz CT molecular complexity index is 1270. The van der Waals surface area contributed by atoms with Gasteiger partial charge in [0.25, 0.3) is 5.91 Å². The molecular formula is C25H28FN5O4. The zero-order chi connectivity index (χ0) is 24.5. The van der Waals surface area contributed by atoms with Crippen molar-refractivity contribution in [2.24, 2.45) is 5.92 Å². The van der Waals surface area contributed by atoms with Gasteiger partial charge in [-0.15, -0.1) is 0 Å². The third kappa shape index (κ3) is 4.78. The van der Waals surface area contributed by atoms with Crippen LogP contribution in [-0.4, -0.2) is 64.5 Å². The third-order valence-corrected chi connectivity index (χ3v) is 6.59. The highest BCUT2D eigenvalue weighted by Gasteiger charge is 2.27. The van der Waals surface area contributed by atoms with Crippen LogP contribution in [0.1, 0.15) is 43.0 Å². The van der Waals surface area contributed by atoms with Crippen LogP contribution >= 0.6 is 0 Å². The predicted octanol–water partition coefficient (Wildman–Crippen LogP) is 3.30. The van der Waals surface area contributed by atoms with Gasteiger partial charge in [-0.25, -0.2) is 14.4 Å². The molecule has 35 heavy (non-hydrogen) atoms. The number of likely N-dealkylation sites (tertiary alicyclic amines) is 1. The maximum atomic E-state index is 14.7. The summed E-state index contributed by atoms with van der Waals surface area (Å²) in [6, 6.07) is 2.73. The van der Waals surface area contributed by atoms with E-state index >= 15 is 0 Å². The van der Waals surface area contributed by atoms with E-state index in [1.54, 1.807) is 11.1 Å². The number of ether oxygens (including phenoxy) is 2. The molecule has 0 radical (unpaired) electrons. The fourth-order valence-corrected chi connectivity index (χ4v) is 4.45. The van der Waals surface area contributed by atoms with Crippen LogP contribution in [0.15, 0.2) is 24.7 Å². The molecule has 2 amide bonds. The second kappa shape index (κ2) is 9.52. The highest BCUT2D eigenvalue weighted by Crippen LogP contribution is 2.39. The lowest BCUT2D eigenvalue weighted by Crippen LogP contribution is -2.49. The van der Waals surface area contributed by atoms with E-state index < -0.39 is 5.82 Å². The lowest BCUT2D eigenvalue weighted by Gasteiger charge is -2.32. The molecule has 5 rings (SSSR count). The van der Waals surface area contributed by atoms with Gasteiger partial charge in [0.2, 0.25) is 5.91 Å². The van der Waals surface area contributed by atoms with Gasteiger partial charge in [-0.3, -0.25) is 9.59 Å². The molecule has 184 valence electrons. The van der Waals surface area contributed by atoms with Gasteiger partial charge >= 0.3 is 0 Å². The summed E-state index contributed by atoms with van der Waals surface area (Å²) in [5, 5.41) is 3.02. The molecule has 0 spiro atoms. The molecule has 1 aromatic carbocycles. The summed E-state index contributed by atoms with van der Waals surface area (Å²) in [5.74, 6) is 0.224. The van der Waals surface area contributed by atoms with Crippen molar-refractivity contribution in [2.45, 2.75) is 38.6 Å². The number of aromatic nitrogens is 3. The third-order valence-electron chi connectivity index (χ3n) is 6.59. The Labute approximate surface area is 202 Å². The van der Waals surface area contributed by atoms with Crippen LogP contribution in [0.4, 0.5) is 4.39 Å². The van der Waals surface area contributed by atoms with Gasteiger partial charge in [-0.1, -0.05) is 0 Å². The summed E-state index contributed by atoms with van der Waals surface area (Å²) in [7, 11) is 1.41. The molecule has 1 atom stereocenters. The largest absolute Gasteiger partial charge is 0.494 e. The number of hydrogen-bond donors (Lipinski definition) is 2. The van der Waals surface area contributed by atoms with E-state index in [1.165, 1.54) is 32.5 Å². The zero-order valence-electron chi connectivity index (χ0n) is 19.8. The minimum atomic E-state index is -0.537. The van der Waals surface area contributed by atoms with E-state index in [0.29, 0.717) is 59.2 Å². The number of H-pyrrole nitrogens is 1. The van der Waals surface area contributed by atoms with E-state index in [1.807, 2.05) is 0 Å². The average Bonchev–Trinajstić information content (AvgIpc) is 3.58. The molecular weight excluding hydrogens is 453 g/mol. The number of hydrogen-bond acceptors (Lipinski definition) is 6. The minimum absolute atomic E-state index is 0.000131. The van der Waals surface area contributed by atoms with Crippen LogP contribution in [0.3, 0.4) is 0 Å². The number of piperidine rings is 1.